The molecule has 0 aromatic rings. The average molecular weight is 219 g/mol. The maximum atomic E-state index is 9.88. The van der Waals surface area contributed by atoms with E-state index in [0.29, 0.717) is 5.92 Å². The molecule has 15 heavy (non-hydrogen) atoms. The first-order chi connectivity index (χ1) is 7.21. The second-order valence-corrected chi connectivity index (χ2v) is 3.53. The van der Waals surface area contributed by atoms with Gasteiger partial charge in [0.2, 0.25) is 0 Å². The van der Waals surface area contributed by atoms with Gasteiger partial charge in [0.15, 0.2) is 0 Å². The summed E-state index contributed by atoms with van der Waals surface area (Å²) in [5.41, 5.74) is 0. The van der Waals surface area contributed by atoms with Crippen molar-refractivity contribution >= 4 is 0 Å². The van der Waals surface area contributed by atoms with E-state index < -0.39 is 6.10 Å². The van der Waals surface area contributed by atoms with Crippen LogP contribution in [0.1, 0.15) is 47.0 Å². The van der Waals surface area contributed by atoms with Crippen LogP contribution in [-0.4, -0.2) is 36.0 Å². The maximum absolute atomic E-state index is 9.88. The zero-order valence-corrected chi connectivity index (χ0v) is 11.0. The van der Waals surface area contributed by atoms with Gasteiger partial charge in [-0.3, -0.25) is 0 Å². The third-order valence-corrected chi connectivity index (χ3v) is 2.65. The van der Waals surface area contributed by atoms with Crippen LogP contribution >= 0.6 is 0 Å². The number of rotatable bonds is 7. The SMILES string of the molecule is CC.CCCC(CC)C(O)C(CO)NC. The molecule has 0 aliphatic carbocycles. The van der Waals surface area contributed by atoms with Gasteiger partial charge >= 0.3 is 0 Å². The van der Waals surface area contributed by atoms with Crippen LogP contribution in [0.25, 0.3) is 0 Å². The quantitative estimate of drug-likeness (QED) is 0.612. The van der Waals surface area contributed by atoms with Gasteiger partial charge in [0.05, 0.1) is 18.8 Å². The Balaban J connectivity index is 0. The molecule has 0 rings (SSSR count). The first kappa shape index (κ1) is 17.3. The van der Waals surface area contributed by atoms with Gasteiger partial charge in [-0.15, -0.1) is 0 Å². The fraction of sp³-hybridized carbons (Fsp3) is 1.00. The van der Waals surface area contributed by atoms with E-state index in [4.69, 9.17) is 5.11 Å². The van der Waals surface area contributed by atoms with Gasteiger partial charge in [0.25, 0.3) is 0 Å². The van der Waals surface area contributed by atoms with E-state index in [2.05, 4.69) is 19.2 Å². The maximum Gasteiger partial charge on any atom is 0.0743 e. The minimum Gasteiger partial charge on any atom is -0.395 e. The lowest BCUT2D eigenvalue weighted by Crippen LogP contribution is -2.44. The largest absolute Gasteiger partial charge is 0.395 e. The highest BCUT2D eigenvalue weighted by atomic mass is 16.3. The van der Waals surface area contributed by atoms with Crippen LogP contribution < -0.4 is 5.32 Å². The lowest BCUT2D eigenvalue weighted by molar-refractivity contribution is 0.0414. The number of likely N-dealkylation sites (N-methyl/N-ethyl adjacent to an activating group) is 1. The van der Waals surface area contributed by atoms with Gasteiger partial charge in [-0.2, -0.15) is 0 Å². The highest BCUT2D eigenvalue weighted by Gasteiger charge is 2.23. The van der Waals surface area contributed by atoms with E-state index in [1.165, 1.54) is 0 Å². The average Bonchev–Trinajstić information content (AvgIpc) is 2.30. The molecule has 0 saturated carbocycles. The summed E-state index contributed by atoms with van der Waals surface area (Å²) in [5, 5.41) is 21.8. The van der Waals surface area contributed by atoms with E-state index in [-0.39, 0.29) is 12.6 Å². The Morgan fingerprint density at radius 2 is 1.73 bits per heavy atom. The second-order valence-electron chi connectivity index (χ2n) is 3.53. The fourth-order valence-corrected chi connectivity index (χ4v) is 1.69. The van der Waals surface area contributed by atoms with Crippen molar-refractivity contribution in [3.05, 3.63) is 0 Å². The van der Waals surface area contributed by atoms with Crippen molar-refractivity contribution in [3.8, 4) is 0 Å². The highest BCUT2D eigenvalue weighted by molar-refractivity contribution is 4.79. The molecule has 3 unspecified atom stereocenters. The van der Waals surface area contributed by atoms with Gasteiger partial charge in [0.1, 0.15) is 0 Å². The monoisotopic (exact) mass is 219 g/mol. The predicted octanol–water partition coefficient (Wildman–Crippen LogP) is 1.78. The fourth-order valence-electron chi connectivity index (χ4n) is 1.69. The van der Waals surface area contributed by atoms with Gasteiger partial charge in [-0.1, -0.05) is 40.5 Å². The van der Waals surface area contributed by atoms with E-state index in [1.54, 1.807) is 7.05 Å². The van der Waals surface area contributed by atoms with E-state index >= 15 is 0 Å². The van der Waals surface area contributed by atoms with Crippen LogP contribution in [0, 0.1) is 5.92 Å². The normalized spacial score (nSPS) is 16.2. The van der Waals surface area contributed by atoms with Crippen LogP contribution in [0.3, 0.4) is 0 Å². The molecule has 3 atom stereocenters. The van der Waals surface area contributed by atoms with Gasteiger partial charge in [-0.05, 0) is 19.4 Å². The van der Waals surface area contributed by atoms with Crippen LogP contribution in [0.4, 0.5) is 0 Å². The molecule has 3 N–H and O–H groups in total. The molecule has 3 heteroatoms. The standard InChI is InChI=1S/C10H23NO2.C2H6/c1-4-6-8(5-2)10(13)9(7-12)11-3;1-2/h8-13H,4-7H2,1-3H3;1-2H3. The summed E-state index contributed by atoms with van der Waals surface area (Å²) in [6, 6.07) is -0.184. The Bertz CT molecular complexity index is 116. The Hall–Kier alpha value is -0.120. The molecule has 0 fully saturated rings. The molecule has 0 aliphatic rings. The lowest BCUT2D eigenvalue weighted by atomic mass is 9.90. The van der Waals surface area contributed by atoms with Crippen molar-refractivity contribution in [3.63, 3.8) is 0 Å². The summed E-state index contributed by atoms with van der Waals surface area (Å²) in [6.07, 6.45) is 2.64. The van der Waals surface area contributed by atoms with Crippen molar-refractivity contribution in [2.45, 2.75) is 59.1 Å². The third kappa shape index (κ3) is 6.88. The van der Waals surface area contributed by atoms with Crippen molar-refractivity contribution in [2.75, 3.05) is 13.7 Å². The topological polar surface area (TPSA) is 52.5 Å². The summed E-state index contributed by atoms with van der Waals surface area (Å²) in [5.74, 6) is 0.301. The molecule has 0 aromatic carbocycles. The lowest BCUT2D eigenvalue weighted by Gasteiger charge is -2.27. The summed E-state index contributed by atoms with van der Waals surface area (Å²) in [4.78, 5) is 0. The number of aliphatic hydroxyl groups is 2. The number of nitrogens with one attached hydrogen (secondary N) is 1. The molecule has 0 aromatic heterocycles. The summed E-state index contributed by atoms with van der Waals surface area (Å²) in [7, 11) is 1.77. The molecule has 0 bridgehead atoms. The first-order valence-corrected chi connectivity index (χ1v) is 6.17. The van der Waals surface area contributed by atoms with Crippen LogP contribution in [-0.2, 0) is 0 Å². The van der Waals surface area contributed by atoms with Crippen molar-refractivity contribution in [2.24, 2.45) is 5.92 Å². The van der Waals surface area contributed by atoms with E-state index in [9.17, 15) is 5.11 Å². The highest BCUT2D eigenvalue weighted by Crippen LogP contribution is 2.17. The molecular weight excluding hydrogens is 190 g/mol. The van der Waals surface area contributed by atoms with Gasteiger partial charge in [-0.25, -0.2) is 0 Å². The smallest absolute Gasteiger partial charge is 0.0743 e. The molecular formula is C12H29NO2. The molecule has 0 spiro atoms. The molecule has 0 saturated heterocycles. The molecule has 0 radical (unpaired) electrons. The Morgan fingerprint density at radius 1 is 1.20 bits per heavy atom. The minimum absolute atomic E-state index is 0.00210. The number of aliphatic hydroxyl groups excluding tert-OH is 2. The van der Waals surface area contributed by atoms with Gasteiger partial charge < -0.3 is 15.5 Å². The Kier molecular flexibility index (Phi) is 13.8. The molecule has 0 heterocycles. The molecule has 94 valence electrons. The van der Waals surface area contributed by atoms with Crippen molar-refractivity contribution in [1.29, 1.82) is 0 Å². The minimum atomic E-state index is -0.431. The van der Waals surface area contributed by atoms with E-state index in [1.807, 2.05) is 13.8 Å². The summed E-state index contributed by atoms with van der Waals surface area (Å²) < 4.78 is 0. The Labute approximate surface area is 94.9 Å². The van der Waals surface area contributed by atoms with Gasteiger partial charge in [0, 0.05) is 0 Å². The van der Waals surface area contributed by atoms with Crippen LogP contribution in [0.2, 0.25) is 0 Å². The zero-order chi connectivity index (χ0) is 12.3. The van der Waals surface area contributed by atoms with Crippen molar-refractivity contribution in [1.82, 2.24) is 5.32 Å². The van der Waals surface area contributed by atoms with Crippen LogP contribution in [0.15, 0.2) is 0 Å². The van der Waals surface area contributed by atoms with Crippen molar-refractivity contribution < 1.29 is 10.2 Å². The summed E-state index contributed by atoms with van der Waals surface area (Å²) >= 11 is 0. The Morgan fingerprint density at radius 3 is 2.00 bits per heavy atom. The second kappa shape index (κ2) is 12.0. The predicted molar refractivity (Wildman–Crippen MR) is 66.0 cm³/mol. The number of hydrogen-bond donors (Lipinski definition) is 3. The third-order valence-electron chi connectivity index (χ3n) is 2.65. The number of hydrogen-bond acceptors (Lipinski definition) is 3. The summed E-state index contributed by atoms with van der Waals surface area (Å²) in [6.45, 7) is 8.19. The van der Waals surface area contributed by atoms with Crippen LogP contribution in [0.5, 0.6) is 0 Å². The molecule has 0 amide bonds. The first-order valence-electron chi connectivity index (χ1n) is 6.17. The zero-order valence-electron chi connectivity index (χ0n) is 11.0. The molecule has 3 nitrogen and oxygen atoms in total. The molecule has 0 aliphatic heterocycles. The van der Waals surface area contributed by atoms with E-state index in [0.717, 1.165) is 19.3 Å².